The normalized spacial score (nSPS) is 17.4. The van der Waals surface area contributed by atoms with Crippen molar-refractivity contribution in [3.05, 3.63) is 30.1 Å². The second-order valence-electron chi connectivity index (χ2n) is 4.47. The fourth-order valence-corrected chi connectivity index (χ4v) is 3.91. The molecule has 1 aliphatic heterocycles. The average molecular weight is 287 g/mol. The standard InChI is InChI=1S/C12H14FNO4S/c13-9-1-3-10(4-2-9)19(17,18)11-5-7-14(8-6-11)12(15)16/h1-4,11H,5-8H2,(H,15,16). The van der Waals surface area contributed by atoms with Crippen molar-refractivity contribution in [1.29, 1.82) is 0 Å². The van der Waals surface area contributed by atoms with Crippen molar-refractivity contribution in [2.24, 2.45) is 0 Å². The van der Waals surface area contributed by atoms with Crippen LogP contribution in [0.15, 0.2) is 29.2 Å². The van der Waals surface area contributed by atoms with Crippen molar-refractivity contribution < 1.29 is 22.7 Å². The summed E-state index contributed by atoms with van der Waals surface area (Å²) in [6.45, 7) is 0.418. The van der Waals surface area contributed by atoms with Crippen LogP contribution in [0.5, 0.6) is 0 Å². The van der Waals surface area contributed by atoms with Crippen LogP contribution in [0, 0.1) is 5.82 Å². The molecule has 104 valence electrons. The molecule has 19 heavy (non-hydrogen) atoms. The van der Waals surface area contributed by atoms with Gasteiger partial charge in [-0.1, -0.05) is 0 Å². The highest BCUT2D eigenvalue weighted by Crippen LogP contribution is 2.24. The van der Waals surface area contributed by atoms with E-state index < -0.39 is 27.0 Å². The molecule has 1 aromatic rings. The molecule has 0 bridgehead atoms. The first-order valence-corrected chi connectivity index (χ1v) is 7.43. The number of nitrogens with zero attached hydrogens (tertiary/aromatic N) is 1. The van der Waals surface area contributed by atoms with E-state index in [0.29, 0.717) is 0 Å². The van der Waals surface area contributed by atoms with Crippen LogP contribution < -0.4 is 0 Å². The highest BCUT2D eigenvalue weighted by atomic mass is 32.2. The maximum atomic E-state index is 12.8. The van der Waals surface area contributed by atoms with Gasteiger partial charge in [-0.25, -0.2) is 17.6 Å². The highest BCUT2D eigenvalue weighted by molar-refractivity contribution is 7.92. The van der Waals surface area contributed by atoms with E-state index in [2.05, 4.69) is 0 Å². The summed E-state index contributed by atoms with van der Waals surface area (Å²) >= 11 is 0. The summed E-state index contributed by atoms with van der Waals surface area (Å²) in [6.07, 6.45) is -0.490. The maximum absolute atomic E-state index is 12.8. The molecule has 2 rings (SSSR count). The molecule has 1 heterocycles. The topological polar surface area (TPSA) is 74.7 Å². The first-order chi connectivity index (χ1) is 8.91. The smallest absolute Gasteiger partial charge is 0.407 e. The van der Waals surface area contributed by atoms with Crippen molar-refractivity contribution in [2.75, 3.05) is 13.1 Å². The fraction of sp³-hybridized carbons (Fsp3) is 0.417. The van der Waals surface area contributed by atoms with Gasteiger partial charge in [-0.3, -0.25) is 0 Å². The lowest BCUT2D eigenvalue weighted by atomic mass is 10.1. The molecule has 1 aliphatic rings. The van der Waals surface area contributed by atoms with Crippen molar-refractivity contribution >= 4 is 15.9 Å². The summed E-state index contributed by atoms with van der Waals surface area (Å²) in [5.74, 6) is -0.486. The minimum Gasteiger partial charge on any atom is -0.465 e. The van der Waals surface area contributed by atoms with E-state index in [9.17, 15) is 17.6 Å². The SMILES string of the molecule is O=C(O)N1CCC(S(=O)(=O)c2ccc(F)cc2)CC1. The maximum Gasteiger partial charge on any atom is 0.407 e. The summed E-state index contributed by atoms with van der Waals surface area (Å²) in [6, 6.07) is 4.71. The Morgan fingerprint density at radius 3 is 2.21 bits per heavy atom. The number of carbonyl (C=O) groups is 1. The Labute approximate surface area is 110 Å². The van der Waals surface area contributed by atoms with Gasteiger partial charge in [0.15, 0.2) is 9.84 Å². The molecule has 0 aromatic heterocycles. The number of rotatable bonds is 2. The van der Waals surface area contributed by atoms with E-state index in [1.54, 1.807) is 0 Å². The number of sulfone groups is 1. The molecule has 7 heteroatoms. The summed E-state index contributed by atoms with van der Waals surface area (Å²) in [5, 5.41) is 8.21. The van der Waals surface area contributed by atoms with E-state index >= 15 is 0 Å². The summed E-state index contributed by atoms with van der Waals surface area (Å²) in [4.78, 5) is 12.0. The summed E-state index contributed by atoms with van der Waals surface area (Å²) < 4.78 is 37.4. The first-order valence-electron chi connectivity index (χ1n) is 5.88. The number of benzene rings is 1. The molecule has 1 fully saturated rings. The minimum atomic E-state index is -3.51. The molecule has 1 aromatic carbocycles. The van der Waals surface area contributed by atoms with Gasteiger partial charge in [0, 0.05) is 13.1 Å². The molecule has 0 spiro atoms. The zero-order valence-corrected chi connectivity index (χ0v) is 10.9. The highest BCUT2D eigenvalue weighted by Gasteiger charge is 2.32. The number of halogens is 1. The van der Waals surface area contributed by atoms with Gasteiger partial charge in [-0.15, -0.1) is 0 Å². The van der Waals surface area contributed by atoms with E-state index in [-0.39, 0.29) is 30.8 Å². The Morgan fingerprint density at radius 1 is 1.21 bits per heavy atom. The van der Waals surface area contributed by atoms with E-state index in [1.807, 2.05) is 0 Å². The zero-order valence-electron chi connectivity index (χ0n) is 10.1. The van der Waals surface area contributed by atoms with Gasteiger partial charge in [-0.2, -0.15) is 0 Å². The molecule has 1 N–H and O–H groups in total. The van der Waals surface area contributed by atoms with Gasteiger partial charge in [0.05, 0.1) is 10.1 Å². The molecule has 0 unspecified atom stereocenters. The Hall–Kier alpha value is -1.63. The van der Waals surface area contributed by atoms with Gasteiger partial charge in [0.2, 0.25) is 0 Å². The molecular formula is C12H14FNO4S. The molecule has 1 saturated heterocycles. The van der Waals surface area contributed by atoms with Crippen LogP contribution >= 0.6 is 0 Å². The number of amides is 1. The van der Waals surface area contributed by atoms with Crippen LogP contribution in [-0.2, 0) is 9.84 Å². The molecular weight excluding hydrogens is 273 g/mol. The third kappa shape index (κ3) is 2.86. The number of piperidine rings is 1. The number of hydrogen-bond acceptors (Lipinski definition) is 3. The predicted molar refractivity (Wildman–Crippen MR) is 66.2 cm³/mol. The molecule has 0 saturated carbocycles. The lowest BCUT2D eigenvalue weighted by molar-refractivity contribution is 0.136. The molecule has 0 aliphatic carbocycles. The second kappa shape index (κ2) is 5.16. The third-order valence-electron chi connectivity index (χ3n) is 3.29. The Bertz CT molecular complexity index is 562. The summed E-state index contributed by atoms with van der Waals surface area (Å²) in [5.41, 5.74) is 0. The van der Waals surface area contributed by atoms with Crippen LogP contribution in [0.4, 0.5) is 9.18 Å². The lowest BCUT2D eigenvalue weighted by Crippen LogP contribution is -2.41. The van der Waals surface area contributed by atoms with Crippen molar-refractivity contribution in [3.8, 4) is 0 Å². The van der Waals surface area contributed by atoms with Gasteiger partial charge < -0.3 is 10.0 Å². The molecule has 0 radical (unpaired) electrons. The van der Waals surface area contributed by atoms with Crippen molar-refractivity contribution in [3.63, 3.8) is 0 Å². The van der Waals surface area contributed by atoms with E-state index in [1.165, 1.54) is 17.0 Å². The van der Waals surface area contributed by atoms with Gasteiger partial charge >= 0.3 is 6.09 Å². The van der Waals surface area contributed by atoms with Crippen LogP contribution in [0.25, 0.3) is 0 Å². The second-order valence-corrected chi connectivity index (χ2v) is 6.70. The molecule has 1 amide bonds. The van der Waals surface area contributed by atoms with Crippen LogP contribution in [0.1, 0.15) is 12.8 Å². The van der Waals surface area contributed by atoms with E-state index in [0.717, 1.165) is 12.1 Å². The Kier molecular flexibility index (Phi) is 3.75. The van der Waals surface area contributed by atoms with E-state index in [4.69, 9.17) is 5.11 Å². The number of carboxylic acid groups (broad SMARTS) is 1. The van der Waals surface area contributed by atoms with Crippen LogP contribution in [0.3, 0.4) is 0 Å². The average Bonchev–Trinajstić information content (AvgIpc) is 2.39. The Balaban J connectivity index is 2.14. The first kappa shape index (κ1) is 13.8. The quantitative estimate of drug-likeness (QED) is 0.841. The minimum absolute atomic E-state index is 0.0858. The summed E-state index contributed by atoms with van der Waals surface area (Å²) in [7, 11) is -3.51. The van der Waals surface area contributed by atoms with Crippen LogP contribution in [0.2, 0.25) is 0 Å². The van der Waals surface area contributed by atoms with Gasteiger partial charge in [0.25, 0.3) is 0 Å². The van der Waals surface area contributed by atoms with Crippen LogP contribution in [-0.4, -0.2) is 42.9 Å². The number of likely N-dealkylation sites (tertiary alicyclic amines) is 1. The zero-order chi connectivity index (χ0) is 14.0. The monoisotopic (exact) mass is 287 g/mol. The number of hydrogen-bond donors (Lipinski definition) is 1. The molecule has 0 atom stereocenters. The Morgan fingerprint density at radius 2 is 1.74 bits per heavy atom. The molecule has 5 nitrogen and oxygen atoms in total. The fourth-order valence-electron chi connectivity index (χ4n) is 2.17. The predicted octanol–water partition coefficient (Wildman–Crippen LogP) is 1.74. The van der Waals surface area contributed by atoms with Gasteiger partial charge in [0.1, 0.15) is 5.82 Å². The largest absolute Gasteiger partial charge is 0.465 e. The van der Waals surface area contributed by atoms with Crippen molar-refractivity contribution in [2.45, 2.75) is 23.0 Å². The third-order valence-corrected chi connectivity index (χ3v) is 5.57. The van der Waals surface area contributed by atoms with Crippen molar-refractivity contribution in [1.82, 2.24) is 4.90 Å². The van der Waals surface area contributed by atoms with Gasteiger partial charge in [-0.05, 0) is 37.1 Å². The lowest BCUT2D eigenvalue weighted by Gasteiger charge is -2.29.